The van der Waals surface area contributed by atoms with E-state index in [1.807, 2.05) is 68.4 Å². The van der Waals surface area contributed by atoms with Crippen molar-refractivity contribution in [3.05, 3.63) is 81.8 Å². The molecular formula is C27H29BrN2O4. The van der Waals surface area contributed by atoms with Gasteiger partial charge in [-0.15, -0.1) is 0 Å². The molecule has 2 atom stereocenters. The van der Waals surface area contributed by atoms with E-state index in [0.717, 1.165) is 38.4 Å². The molecule has 0 aliphatic carbocycles. The zero-order valence-corrected chi connectivity index (χ0v) is 21.1. The normalized spacial score (nSPS) is 17.7. The standard InChI is InChI=1S/C27H29BrN2O4/c1-4-33-19-12-9-17(10-13-19)22-16-23(20-7-6-8-25(26(20)31)34-5-2)30-27(29-22)18-11-14-24(32-3)21(28)15-18/h6-15,23,27,30-31H,4-5,16H2,1-3H3/t23-,27+/m0/s1. The number of rotatable bonds is 8. The highest BCUT2D eigenvalue weighted by Crippen LogP contribution is 2.39. The Morgan fingerprint density at radius 1 is 1.00 bits per heavy atom. The van der Waals surface area contributed by atoms with Crippen LogP contribution in [0.15, 0.2) is 70.1 Å². The third-order valence-electron chi connectivity index (χ3n) is 5.74. The minimum Gasteiger partial charge on any atom is -0.504 e. The minimum absolute atomic E-state index is 0.157. The zero-order chi connectivity index (χ0) is 24.1. The second kappa shape index (κ2) is 10.9. The summed E-state index contributed by atoms with van der Waals surface area (Å²) in [6.45, 7) is 4.97. The van der Waals surface area contributed by atoms with Crippen molar-refractivity contribution in [2.45, 2.75) is 32.5 Å². The topological polar surface area (TPSA) is 72.3 Å². The molecule has 4 rings (SSSR count). The molecule has 0 aromatic heterocycles. The summed E-state index contributed by atoms with van der Waals surface area (Å²) in [6, 6.07) is 19.4. The number of aromatic hydroxyl groups is 1. The predicted octanol–water partition coefficient (Wildman–Crippen LogP) is 6.18. The predicted molar refractivity (Wildman–Crippen MR) is 137 cm³/mol. The molecule has 1 aliphatic heterocycles. The van der Waals surface area contributed by atoms with Gasteiger partial charge < -0.3 is 19.3 Å². The molecule has 0 fully saturated rings. The van der Waals surface area contributed by atoms with Crippen LogP contribution in [0.1, 0.15) is 49.2 Å². The van der Waals surface area contributed by atoms with E-state index in [9.17, 15) is 5.11 Å². The number of hydrogen-bond acceptors (Lipinski definition) is 6. The fourth-order valence-corrected chi connectivity index (χ4v) is 4.67. The van der Waals surface area contributed by atoms with Gasteiger partial charge in [0.25, 0.3) is 0 Å². The fourth-order valence-electron chi connectivity index (χ4n) is 4.11. The van der Waals surface area contributed by atoms with Crippen LogP contribution in [-0.4, -0.2) is 31.1 Å². The molecule has 2 N–H and O–H groups in total. The highest BCUT2D eigenvalue weighted by atomic mass is 79.9. The first-order valence-electron chi connectivity index (χ1n) is 11.4. The van der Waals surface area contributed by atoms with Gasteiger partial charge in [0.2, 0.25) is 0 Å². The smallest absolute Gasteiger partial charge is 0.162 e. The summed E-state index contributed by atoms with van der Waals surface area (Å²) < 4.78 is 17.5. The number of para-hydroxylation sites is 1. The molecule has 3 aromatic rings. The van der Waals surface area contributed by atoms with E-state index in [1.54, 1.807) is 13.2 Å². The van der Waals surface area contributed by atoms with Crippen molar-refractivity contribution in [1.29, 1.82) is 0 Å². The average molecular weight is 525 g/mol. The Kier molecular flexibility index (Phi) is 7.75. The average Bonchev–Trinajstić information content (AvgIpc) is 2.86. The van der Waals surface area contributed by atoms with Gasteiger partial charge in [0, 0.05) is 23.7 Å². The van der Waals surface area contributed by atoms with Crippen LogP contribution >= 0.6 is 15.9 Å². The molecule has 34 heavy (non-hydrogen) atoms. The summed E-state index contributed by atoms with van der Waals surface area (Å²) in [5, 5.41) is 14.6. The van der Waals surface area contributed by atoms with Crippen LogP contribution in [0.3, 0.4) is 0 Å². The molecular weight excluding hydrogens is 496 g/mol. The van der Waals surface area contributed by atoms with E-state index in [-0.39, 0.29) is 18.0 Å². The van der Waals surface area contributed by atoms with Gasteiger partial charge in [-0.2, -0.15) is 0 Å². The molecule has 1 aliphatic rings. The van der Waals surface area contributed by atoms with Crippen molar-refractivity contribution in [1.82, 2.24) is 5.32 Å². The molecule has 6 nitrogen and oxygen atoms in total. The van der Waals surface area contributed by atoms with E-state index in [2.05, 4.69) is 21.2 Å². The van der Waals surface area contributed by atoms with Crippen LogP contribution in [0, 0.1) is 0 Å². The Hall–Kier alpha value is -3.03. The van der Waals surface area contributed by atoms with Gasteiger partial charge in [0.15, 0.2) is 11.5 Å². The number of phenols is 1. The lowest BCUT2D eigenvalue weighted by atomic mass is 9.93. The van der Waals surface area contributed by atoms with E-state index in [0.29, 0.717) is 25.4 Å². The number of nitrogens with zero attached hydrogens (tertiary/aromatic N) is 1. The summed E-state index contributed by atoms with van der Waals surface area (Å²) in [4.78, 5) is 5.05. The van der Waals surface area contributed by atoms with Crippen molar-refractivity contribution >= 4 is 21.6 Å². The largest absolute Gasteiger partial charge is 0.504 e. The second-order valence-electron chi connectivity index (χ2n) is 7.88. The highest BCUT2D eigenvalue weighted by molar-refractivity contribution is 9.10. The quantitative estimate of drug-likeness (QED) is 0.367. The summed E-state index contributed by atoms with van der Waals surface area (Å²) in [6.07, 6.45) is 0.308. The second-order valence-corrected chi connectivity index (χ2v) is 8.73. The van der Waals surface area contributed by atoms with Crippen LogP contribution in [0.4, 0.5) is 0 Å². The van der Waals surface area contributed by atoms with E-state index in [4.69, 9.17) is 19.2 Å². The van der Waals surface area contributed by atoms with E-state index < -0.39 is 0 Å². The maximum atomic E-state index is 10.9. The number of benzene rings is 3. The van der Waals surface area contributed by atoms with Gasteiger partial charge in [-0.05, 0) is 83.4 Å². The number of nitrogens with one attached hydrogen (secondary N) is 1. The maximum absolute atomic E-state index is 10.9. The van der Waals surface area contributed by atoms with E-state index >= 15 is 0 Å². The van der Waals surface area contributed by atoms with E-state index in [1.165, 1.54) is 0 Å². The van der Waals surface area contributed by atoms with Gasteiger partial charge in [0.1, 0.15) is 17.7 Å². The first kappa shape index (κ1) is 24.1. The Morgan fingerprint density at radius 3 is 2.44 bits per heavy atom. The Bertz CT molecular complexity index is 1160. The first-order valence-corrected chi connectivity index (χ1v) is 12.2. The highest BCUT2D eigenvalue weighted by Gasteiger charge is 2.29. The van der Waals surface area contributed by atoms with Crippen LogP contribution in [0.2, 0.25) is 0 Å². The molecule has 0 amide bonds. The summed E-state index contributed by atoms with van der Waals surface area (Å²) in [5.74, 6) is 2.23. The fraction of sp³-hybridized carbons (Fsp3) is 0.296. The zero-order valence-electron chi connectivity index (χ0n) is 19.5. The van der Waals surface area contributed by atoms with Crippen molar-refractivity contribution in [3.63, 3.8) is 0 Å². The number of halogens is 1. The van der Waals surface area contributed by atoms with Crippen LogP contribution in [0.25, 0.3) is 0 Å². The van der Waals surface area contributed by atoms with Crippen molar-refractivity contribution in [2.75, 3.05) is 20.3 Å². The Labute approximate surface area is 208 Å². The van der Waals surface area contributed by atoms with Gasteiger partial charge in [0.05, 0.1) is 24.8 Å². The number of phenolic OH excluding ortho intramolecular Hbond substituents is 1. The number of aliphatic imine (C=N–C) groups is 1. The molecule has 0 spiro atoms. The molecule has 0 radical (unpaired) electrons. The molecule has 0 saturated carbocycles. The summed E-state index contributed by atoms with van der Waals surface area (Å²) in [5.41, 5.74) is 3.74. The summed E-state index contributed by atoms with van der Waals surface area (Å²) in [7, 11) is 1.64. The Balaban J connectivity index is 1.74. The van der Waals surface area contributed by atoms with Crippen LogP contribution in [-0.2, 0) is 0 Å². The number of methoxy groups -OCH3 is 1. The molecule has 0 unspecified atom stereocenters. The van der Waals surface area contributed by atoms with Gasteiger partial charge in [-0.1, -0.05) is 18.2 Å². The number of hydrogen-bond donors (Lipinski definition) is 2. The van der Waals surface area contributed by atoms with Crippen molar-refractivity contribution in [3.8, 4) is 23.0 Å². The minimum atomic E-state index is -0.308. The SMILES string of the molecule is CCOc1ccc(C2=N[C@@H](c3ccc(OC)c(Br)c3)N[C@H](c3cccc(OCC)c3O)C2)cc1. The first-order chi connectivity index (χ1) is 16.5. The molecule has 0 saturated heterocycles. The lowest BCUT2D eigenvalue weighted by Gasteiger charge is -2.31. The van der Waals surface area contributed by atoms with Crippen molar-refractivity contribution in [2.24, 2.45) is 4.99 Å². The third-order valence-corrected chi connectivity index (χ3v) is 6.36. The molecule has 0 bridgehead atoms. The van der Waals surface area contributed by atoms with Gasteiger partial charge >= 0.3 is 0 Å². The Morgan fingerprint density at radius 2 is 1.76 bits per heavy atom. The maximum Gasteiger partial charge on any atom is 0.162 e. The molecule has 178 valence electrons. The lowest BCUT2D eigenvalue weighted by Crippen LogP contribution is -2.33. The lowest BCUT2D eigenvalue weighted by molar-refractivity contribution is 0.313. The number of ether oxygens (including phenoxy) is 3. The van der Waals surface area contributed by atoms with Crippen LogP contribution in [0.5, 0.6) is 23.0 Å². The van der Waals surface area contributed by atoms with Gasteiger partial charge in [-0.3, -0.25) is 10.3 Å². The molecule has 3 aromatic carbocycles. The summed E-state index contributed by atoms with van der Waals surface area (Å²) >= 11 is 3.58. The third kappa shape index (κ3) is 5.21. The monoisotopic (exact) mass is 524 g/mol. The molecule has 7 heteroatoms. The van der Waals surface area contributed by atoms with Gasteiger partial charge in [-0.25, -0.2) is 0 Å². The van der Waals surface area contributed by atoms with Crippen LogP contribution < -0.4 is 19.5 Å². The molecule has 1 heterocycles. The van der Waals surface area contributed by atoms with Crippen molar-refractivity contribution < 1.29 is 19.3 Å².